The van der Waals surface area contributed by atoms with Crippen LogP contribution in [0.25, 0.3) is 0 Å². The molecule has 3 heteroatoms. The van der Waals surface area contributed by atoms with E-state index in [1.807, 2.05) is 0 Å². The second-order valence-corrected chi connectivity index (χ2v) is 4.79. The van der Waals surface area contributed by atoms with Gasteiger partial charge in [0.1, 0.15) is 0 Å². The lowest BCUT2D eigenvalue weighted by Crippen LogP contribution is -2.28. The summed E-state index contributed by atoms with van der Waals surface area (Å²) in [5.74, 6) is 0. The van der Waals surface area contributed by atoms with E-state index < -0.39 is 0 Å². The minimum atomic E-state index is 1.08. The summed E-state index contributed by atoms with van der Waals surface area (Å²) in [7, 11) is 0. The molecule has 0 aromatic heterocycles. The Hall–Kier alpha value is -0.540. The van der Waals surface area contributed by atoms with E-state index in [0.717, 1.165) is 26.2 Å². The van der Waals surface area contributed by atoms with Gasteiger partial charge in [-0.05, 0) is 47.4 Å². The van der Waals surface area contributed by atoms with Crippen molar-refractivity contribution in [1.82, 2.24) is 5.32 Å². The molecule has 0 aliphatic carbocycles. The summed E-state index contributed by atoms with van der Waals surface area (Å²) in [5, 5.41) is 3.42. The van der Waals surface area contributed by atoms with Gasteiger partial charge in [-0.25, -0.2) is 0 Å². The first kappa shape index (κ1) is 11.0. The third-order valence-corrected chi connectivity index (χ3v) is 3.88. The summed E-state index contributed by atoms with van der Waals surface area (Å²) in [5.41, 5.74) is 2.64. The normalized spacial score (nSPS) is 17.6. The van der Waals surface area contributed by atoms with Crippen molar-refractivity contribution in [3.63, 3.8) is 0 Å². The molecular weight excluding hydrogens is 252 g/mol. The molecule has 0 radical (unpaired) electrons. The molecule has 1 saturated heterocycles. The fourth-order valence-electron chi connectivity index (χ4n) is 1.96. The molecule has 1 aliphatic heterocycles. The Balaban J connectivity index is 2.23. The van der Waals surface area contributed by atoms with E-state index >= 15 is 0 Å². The van der Waals surface area contributed by atoms with E-state index in [0.29, 0.717) is 0 Å². The molecule has 15 heavy (non-hydrogen) atoms. The van der Waals surface area contributed by atoms with Gasteiger partial charge in [0.05, 0.1) is 5.69 Å². The van der Waals surface area contributed by atoms with E-state index in [2.05, 4.69) is 51.3 Å². The van der Waals surface area contributed by atoms with Crippen LogP contribution in [0.15, 0.2) is 22.7 Å². The molecule has 82 valence electrons. The molecule has 0 saturated carbocycles. The van der Waals surface area contributed by atoms with E-state index in [9.17, 15) is 0 Å². The van der Waals surface area contributed by atoms with Crippen molar-refractivity contribution in [1.29, 1.82) is 0 Å². The predicted octanol–water partition coefficient (Wildman–Crippen LogP) is 2.56. The van der Waals surface area contributed by atoms with Crippen LogP contribution in [0.5, 0.6) is 0 Å². The van der Waals surface area contributed by atoms with Gasteiger partial charge in [0.2, 0.25) is 0 Å². The molecule has 0 bridgehead atoms. The number of benzene rings is 1. The number of nitrogens with zero attached hydrogens (tertiary/aromatic N) is 1. The molecule has 0 unspecified atom stereocenters. The van der Waals surface area contributed by atoms with Crippen LogP contribution in [0.2, 0.25) is 0 Å². The summed E-state index contributed by atoms with van der Waals surface area (Å²) < 4.78 is 1.24. The first-order valence-electron chi connectivity index (χ1n) is 5.50. The average molecular weight is 269 g/mol. The summed E-state index contributed by atoms with van der Waals surface area (Å²) in [4.78, 5) is 2.46. The lowest BCUT2D eigenvalue weighted by Gasteiger charge is -2.24. The highest BCUT2D eigenvalue weighted by Crippen LogP contribution is 2.29. The second-order valence-electron chi connectivity index (χ2n) is 4.00. The van der Waals surface area contributed by atoms with Crippen LogP contribution < -0.4 is 10.2 Å². The minimum Gasteiger partial charge on any atom is -0.369 e. The highest BCUT2D eigenvalue weighted by Gasteiger charge is 2.12. The van der Waals surface area contributed by atoms with Crippen molar-refractivity contribution in [2.45, 2.75) is 13.3 Å². The first-order chi connectivity index (χ1) is 7.29. The zero-order valence-corrected chi connectivity index (χ0v) is 10.7. The number of halogens is 1. The maximum atomic E-state index is 3.68. The van der Waals surface area contributed by atoms with Crippen molar-refractivity contribution in [2.24, 2.45) is 0 Å². The van der Waals surface area contributed by atoms with Crippen LogP contribution in [0.1, 0.15) is 12.0 Å². The molecule has 0 amide bonds. The Morgan fingerprint density at radius 1 is 1.27 bits per heavy atom. The average Bonchev–Trinajstić information content (AvgIpc) is 2.50. The van der Waals surface area contributed by atoms with E-state index in [1.165, 1.54) is 22.1 Å². The Bertz CT molecular complexity index is 330. The number of aryl methyl sites for hydroxylation is 1. The molecule has 1 aromatic carbocycles. The third-order valence-electron chi connectivity index (χ3n) is 2.85. The van der Waals surface area contributed by atoms with Gasteiger partial charge in [0.25, 0.3) is 0 Å². The number of anilines is 1. The van der Waals surface area contributed by atoms with Gasteiger partial charge in [-0.1, -0.05) is 12.1 Å². The lowest BCUT2D eigenvalue weighted by atomic mass is 10.2. The van der Waals surface area contributed by atoms with Crippen LogP contribution in [0.4, 0.5) is 5.69 Å². The fraction of sp³-hybridized carbons (Fsp3) is 0.500. The maximum absolute atomic E-state index is 3.68. The van der Waals surface area contributed by atoms with Crippen LogP contribution >= 0.6 is 15.9 Å². The highest BCUT2D eigenvalue weighted by molar-refractivity contribution is 9.10. The van der Waals surface area contributed by atoms with Crippen molar-refractivity contribution >= 4 is 21.6 Å². The molecular formula is C12H17BrN2. The monoisotopic (exact) mass is 268 g/mol. The minimum absolute atomic E-state index is 1.08. The smallest absolute Gasteiger partial charge is 0.0513 e. The van der Waals surface area contributed by atoms with Gasteiger partial charge < -0.3 is 10.2 Å². The van der Waals surface area contributed by atoms with Crippen LogP contribution in [0, 0.1) is 6.92 Å². The van der Waals surface area contributed by atoms with Crippen molar-refractivity contribution in [3.8, 4) is 0 Å². The molecule has 1 fully saturated rings. The summed E-state index contributed by atoms with van der Waals surface area (Å²) in [6.45, 7) is 6.61. The summed E-state index contributed by atoms with van der Waals surface area (Å²) >= 11 is 3.68. The van der Waals surface area contributed by atoms with E-state index in [4.69, 9.17) is 0 Å². The standard InChI is InChI=1S/C12H17BrN2/c1-10-4-2-5-11(12(10)13)15-8-3-6-14-7-9-15/h2,4-5,14H,3,6-9H2,1H3. The Labute approximate surface area is 99.8 Å². The lowest BCUT2D eigenvalue weighted by molar-refractivity contribution is 0.724. The molecule has 0 atom stereocenters. The second kappa shape index (κ2) is 4.99. The molecule has 1 heterocycles. The van der Waals surface area contributed by atoms with Gasteiger partial charge in [0, 0.05) is 24.1 Å². The molecule has 1 aromatic rings. The quantitative estimate of drug-likeness (QED) is 0.843. The third kappa shape index (κ3) is 2.52. The summed E-state index contributed by atoms with van der Waals surface area (Å²) in [6, 6.07) is 6.47. The molecule has 2 rings (SSSR count). The van der Waals surface area contributed by atoms with Crippen LogP contribution in [0.3, 0.4) is 0 Å². The van der Waals surface area contributed by atoms with Crippen LogP contribution in [-0.4, -0.2) is 26.2 Å². The largest absolute Gasteiger partial charge is 0.369 e. The molecule has 0 spiro atoms. The SMILES string of the molecule is Cc1cccc(N2CCCNCC2)c1Br. The first-order valence-corrected chi connectivity index (χ1v) is 6.29. The van der Waals surface area contributed by atoms with Gasteiger partial charge in [-0.15, -0.1) is 0 Å². The highest BCUT2D eigenvalue weighted by atomic mass is 79.9. The van der Waals surface area contributed by atoms with E-state index in [-0.39, 0.29) is 0 Å². The Morgan fingerprint density at radius 3 is 3.00 bits per heavy atom. The van der Waals surface area contributed by atoms with Gasteiger partial charge >= 0.3 is 0 Å². The predicted molar refractivity (Wildman–Crippen MR) is 68.6 cm³/mol. The van der Waals surface area contributed by atoms with Gasteiger partial charge in [-0.2, -0.15) is 0 Å². The van der Waals surface area contributed by atoms with E-state index in [1.54, 1.807) is 0 Å². The number of hydrogen-bond acceptors (Lipinski definition) is 2. The van der Waals surface area contributed by atoms with Crippen LogP contribution in [-0.2, 0) is 0 Å². The Morgan fingerprint density at radius 2 is 2.13 bits per heavy atom. The zero-order chi connectivity index (χ0) is 10.7. The van der Waals surface area contributed by atoms with Crippen molar-refractivity contribution in [2.75, 3.05) is 31.1 Å². The molecule has 2 nitrogen and oxygen atoms in total. The maximum Gasteiger partial charge on any atom is 0.0513 e. The van der Waals surface area contributed by atoms with Crippen molar-refractivity contribution in [3.05, 3.63) is 28.2 Å². The summed E-state index contributed by atoms with van der Waals surface area (Å²) in [6.07, 6.45) is 1.22. The topological polar surface area (TPSA) is 15.3 Å². The fourth-order valence-corrected chi connectivity index (χ4v) is 2.48. The molecule has 1 N–H and O–H groups in total. The number of nitrogens with one attached hydrogen (secondary N) is 1. The van der Waals surface area contributed by atoms with Gasteiger partial charge in [0.15, 0.2) is 0 Å². The Kier molecular flexibility index (Phi) is 3.65. The molecule has 1 aliphatic rings. The van der Waals surface area contributed by atoms with Gasteiger partial charge in [-0.3, -0.25) is 0 Å². The zero-order valence-electron chi connectivity index (χ0n) is 9.09. The van der Waals surface area contributed by atoms with Crippen molar-refractivity contribution < 1.29 is 0 Å². The number of hydrogen-bond donors (Lipinski definition) is 1. The number of rotatable bonds is 1.